The van der Waals surface area contributed by atoms with Crippen molar-refractivity contribution in [1.82, 2.24) is 14.7 Å². The third kappa shape index (κ3) is 4.32. The fourth-order valence-corrected chi connectivity index (χ4v) is 4.36. The first-order valence-corrected chi connectivity index (χ1v) is 10.8. The van der Waals surface area contributed by atoms with Crippen LogP contribution in [0.25, 0.3) is 0 Å². The minimum absolute atomic E-state index is 0.0124. The predicted octanol–water partition coefficient (Wildman–Crippen LogP) is 2.80. The lowest BCUT2D eigenvalue weighted by molar-refractivity contribution is -0.117. The summed E-state index contributed by atoms with van der Waals surface area (Å²) < 4.78 is 1.70. The highest BCUT2D eigenvalue weighted by Crippen LogP contribution is 2.37. The molecule has 2 aliphatic rings. The molecule has 1 aliphatic heterocycles. The van der Waals surface area contributed by atoms with Crippen LogP contribution in [-0.2, 0) is 10.3 Å². The number of aromatic nitrogens is 2. The van der Waals surface area contributed by atoms with Gasteiger partial charge in [0.25, 0.3) is 5.91 Å². The number of nitriles is 1. The second-order valence-electron chi connectivity index (χ2n) is 8.65. The van der Waals surface area contributed by atoms with Gasteiger partial charge in [-0.1, -0.05) is 30.3 Å². The summed E-state index contributed by atoms with van der Waals surface area (Å²) >= 11 is 0. The van der Waals surface area contributed by atoms with Crippen LogP contribution in [-0.4, -0.2) is 39.6 Å². The van der Waals surface area contributed by atoms with Crippen molar-refractivity contribution in [2.45, 2.75) is 50.6 Å². The number of benzene rings is 1. The lowest BCUT2D eigenvalue weighted by Crippen LogP contribution is -2.47. The number of carbonyl (C=O) groups excluding carboxylic acids is 2. The van der Waals surface area contributed by atoms with Crippen molar-refractivity contribution in [3.05, 3.63) is 47.7 Å². The maximum absolute atomic E-state index is 12.2. The van der Waals surface area contributed by atoms with E-state index >= 15 is 0 Å². The van der Waals surface area contributed by atoms with Gasteiger partial charge < -0.3 is 11.1 Å². The number of nitrogens with one attached hydrogen (secondary N) is 1. The molecular weight excluding hydrogens is 392 g/mol. The molecule has 1 aromatic carbocycles. The number of anilines is 1. The zero-order chi connectivity index (χ0) is 22.0. The topological polar surface area (TPSA) is 117 Å². The number of nitrogens with zero attached hydrogens (tertiary/aromatic N) is 4. The Hall–Kier alpha value is -3.18. The molecule has 0 bridgehead atoms. The number of carbonyl (C=O) groups is 2. The molecule has 1 aliphatic carbocycles. The van der Waals surface area contributed by atoms with Crippen LogP contribution in [0.3, 0.4) is 0 Å². The molecular formula is C23H28N6O2. The quantitative estimate of drug-likeness (QED) is 0.714. The van der Waals surface area contributed by atoms with Gasteiger partial charge >= 0.3 is 0 Å². The average Bonchev–Trinajstić information content (AvgIpc) is 3.54. The van der Waals surface area contributed by atoms with Crippen molar-refractivity contribution in [3.63, 3.8) is 0 Å². The highest BCUT2D eigenvalue weighted by atomic mass is 16.2. The number of piperidine rings is 1. The van der Waals surface area contributed by atoms with Crippen molar-refractivity contribution >= 4 is 17.6 Å². The van der Waals surface area contributed by atoms with E-state index in [1.807, 2.05) is 18.2 Å². The van der Waals surface area contributed by atoms with Crippen molar-refractivity contribution in [3.8, 4) is 6.07 Å². The summed E-state index contributed by atoms with van der Waals surface area (Å²) in [5.74, 6) is -0.586. The SMILES string of the molecule is CC(c1ccccc1)N1CCC(CC#N)(n2cc(C(N)=O)c(NC(=O)C3CC3)n2)CC1. The van der Waals surface area contributed by atoms with E-state index in [2.05, 4.69) is 40.4 Å². The molecule has 1 atom stereocenters. The van der Waals surface area contributed by atoms with E-state index in [1.54, 1.807) is 10.9 Å². The molecule has 2 amide bonds. The number of likely N-dealkylation sites (tertiary alicyclic amines) is 1. The van der Waals surface area contributed by atoms with E-state index in [0.29, 0.717) is 12.8 Å². The van der Waals surface area contributed by atoms with Gasteiger partial charge in [0.2, 0.25) is 5.91 Å². The van der Waals surface area contributed by atoms with Gasteiger partial charge in [-0.25, -0.2) is 0 Å². The molecule has 31 heavy (non-hydrogen) atoms. The first kappa shape index (κ1) is 21.1. The minimum atomic E-state index is -0.639. The van der Waals surface area contributed by atoms with Crippen LogP contribution in [0.2, 0.25) is 0 Å². The largest absolute Gasteiger partial charge is 0.365 e. The van der Waals surface area contributed by atoms with E-state index in [9.17, 15) is 14.9 Å². The molecule has 8 heteroatoms. The second kappa shape index (κ2) is 8.52. The summed E-state index contributed by atoms with van der Waals surface area (Å²) in [5.41, 5.74) is 6.46. The zero-order valence-corrected chi connectivity index (χ0v) is 17.8. The summed E-state index contributed by atoms with van der Waals surface area (Å²) in [7, 11) is 0. The van der Waals surface area contributed by atoms with E-state index in [0.717, 1.165) is 25.9 Å². The van der Waals surface area contributed by atoms with E-state index in [4.69, 9.17) is 5.73 Å². The highest BCUT2D eigenvalue weighted by Gasteiger charge is 2.40. The van der Waals surface area contributed by atoms with Gasteiger partial charge in [-0.05, 0) is 38.2 Å². The lowest BCUT2D eigenvalue weighted by Gasteiger charge is -2.43. The van der Waals surface area contributed by atoms with Crippen molar-refractivity contribution in [2.24, 2.45) is 11.7 Å². The van der Waals surface area contributed by atoms with Crippen LogP contribution in [0.15, 0.2) is 36.5 Å². The standard InChI is InChI=1S/C23H28N6O2/c1-16(17-5-3-2-4-6-17)28-13-10-23(9-12-24,11-14-28)29-15-19(20(25)30)21(27-29)26-22(31)18-7-8-18/h2-6,15-16,18H,7-11,13-14H2,1H3,(H2,25,30)(H,26,27,31). The van der Waals surface area contributed by atoms with Crippen molar-refractivity contribution < 1.29 is 9.59 Å². The van der Waals surface area contributed by atoms with E-state index < -0.39 is 11.4 Å². The molecule has 1 saturated carbocycles. The number of amides is 2. The molecule has 1 saturated heterocycles. The predicted molar refractivity (Wildman–Crippen MR) is 116 cm³/mol. The van der Waals surface area contributed by atoms with Crippen molar-refractivity contribution in [2.75, 3.05) is 18.4 Å². The molecule has 0 spiro atoms. The number of nitrogens with two attached hydrogens (primary N) is 1. The van der Waals surface area contributed by atoms with Crippen LogP contribution in [0.1, 0.15) is 61.0 Å². The smallest absolute Gasteiger partial charge is 0.254 e. The molecule has 0 radical (unpaired) electrons. The fourth-order valence-electron chi connectivity index (χ4n) is 4.36. The Bertz CT molecular complexity index is 997. The van der Waals surface area contributed by atoms with Crippen LogP contribution >= 0.6 is 0 Å². The van der Waals surface area contributed by atoms with Crippen LogP contribution in [0, 0.1) is 17.2 Å². The first-order chi connectivity index (χ1) is 14.9. The molecule has 1 unspecified atom stereocenters. The Morgan fingerprint density at radius 2 is 1.97 bits per heavy atom. The Morgan fingerprint density at radius 3 is 2.55 bits per heavy atom. The summed E-state index contributed by atoms with van der Waals surface area (Å²) in [6.07, 6.45) is 5.01. The van der Waals surface area contributed by atoms with Gasteiger partial charge in [-0.3, -0.25) is 19.2 Å². The molecule has 4 rings (SSSR count). The second-order valence-corrected chi connectivity index (χ2v) is 8.65. The number of hydrogen-bond acceptors (Lipinski definition) is 5. The molecule has 1 aromatic heterocycles. The molecule has 162 valence electrons. The Labute approximate surface area is 182 Å². The van der Waals surface area contributed by atoms with Gasteiger partial charge in [-0.2, -0.15) is 10.4 Å². The zero-order valence-electron chi connectivity index (χ0n) is 17.8. The maximum atomic E-state index is 12.2. The molecule has 2 aromatic rings. The summed E-state index contributed by atoms with van der Waals surface area (Å²) in [6, 6.07) is 12.9. The van der Waals surface area contributed by atoms with Crippen LogP contribution < -0.4 is 11.1 Å². The maximum Gasteiger partial charge on any atom is 0.254 e. The molecule has 2 heterocycles. The molecule has 2 fully saturated rings. The van der Waals surface area contributed by atoms with Gasteiger partial charge in [0.15, 0.2) is 5.82 Å². The third-order valence-corrected chi connectivity index (χ3v) is 6.62. The molecule has 8 nitrogen and oxygen atoms in total. The normalized spacial score (nSPS) is 19.4. The monoisotopic (exact) mass is 420 g/mol. The third-order valence-electron chi connectivity index (χ3n) is 6.62. The summed E-state index contributed by atoms with van der Waals surface area (Å²) in [4.78, 5) is 26.6. The van der Waals surface area contributed by atoms with Crippen molar-refractivity contribution in [1.29, 1.82) is 5.26 Å². The van der Waals surface area contributed by atoms with Crippen LogP contribution in [0.5, 0.6) is 0 Å². The minimum Gasteiger partial charge on any atom is -0.365 e. The number of primary amides is 1. The van der Waals surface area contributed by atoms with Gasteiger partial charge in [-0.15, -0.1) is 0 Å². The Balaban J connectivity index is 1.55. The Morgan fingerprint density at radius 1 is 1.29 bits per heavy atom. The van der Waals surface area contributed by atoms with Gasteiger partial charge in [0.05, 0.1) is 18.0 Å². The summed E-state index contributed by atoms with van der Waals surface area (Å²) in [6.45, 7) is 3.79. The van der Waals surface area contributed by atoms with Gasteiger partial charge in [0.1, 0.15) is 5.56 Å². The average molecular weight is 421 g/mol. The number of hydrogen-bond donors (Lipinski definition) is 2. The van der Waals surface area contributed by atoms with E-state index in [-0.39, 0.29) is 35.7 Å². The van der Waals surface area contributed by atoms with Crippen LogP contribution in [0.4, 0.5) is 5.82 Å². The Kier molecular flexibility index (Phi) is 5.79. The molecule has 3 N–H and O–H groups in total. The fraction of sp³-hybridized carbons (Fsp3) is 0.478. The lowest BCUT2D eigenvalue weighted by atomic mass is 9.84. The first-order valence-electron chi connectivity index (χ1n) is 10.8. The van der Waals surface area contributed by atoms with E-state index in [1.165, 1.54) is 5.56 Å². The van der Waals surface area contributed by atoms with Gasteiger partial charge in [0, 0.05) is 31.2 Å². The number of rotatable bonds is 7. The summed E-state index contributed by atoms with van der Waals surface area (Å²) in [5, 5.41) is 16.8. The highest BCUT2D eigenvalue weighted by molar-refractivity contribution is 6.02.